The second-order valence-corrected chi connectivity index (χ2v) is 7.32. The molecular formula is C14H17FN2O2S2. The Bertz CT molecular complexity index is 681. The molecule has 0 aliphatic rings. The first-order chi connectivity index (χ1) is 10.0. The van der Waals surface area contributed by atoms with Crippen LogP contribution in [-0.2, 0) is 23.0 Å². The molecule has 0 fully saturated rings. The van der Waals surface area contributed by atoms with E-state index in [1.807, 2.05) is 7.05 Å². The van der Waals surface area contributed by atoms with Crippen molar-refractivity contribution >= 4 is 21.4 Å². The van der Waals surface area contributed by atoms with E-state index in [2.05, 4.69) is 10.0 Å². The van der Waals surface area contributed by atoms with Crippen molar-refractivity contribution < 1.29 is 12.8 Å². The van der Waals surface area contributed by atoms with E-state index >= 15 is 0 Å². The van der Waals surface area contributed by atoms with E-state index < -0.39 is 10.0 Å². The fourth-order valence-electron chi connectivity index (χ4n) is 1.83. The summed E-state index contributed by atoms with van der Waals surface area (Å²) in [7, 11) is -1.66. The fraction of sp³-hybridized carbons (Fsp3) is 0.286. The average Bonchev–Trinajstić information content (AvgIpc) is 2.91. The highest BCUT2D eigenvalue weighted by molar-refractivity contribution is 7.89. The fourth-order valence-corrected chi connectivity index (χ4v) is 4.15. The van der Waals surface area contributed by atoms with E-state index in [1.165, 1.54) is 23.5 Å². The summed E-state index contributed by atoms with van der Waals surface area (Å²) >= 11 is 1.41. The second-order valence-electron chi connectivity index (χ2n) is 4.55. The molecule has 1 heterocycles. The van der Waals surface area contributed by atoms with Crippen LogP contribution < -0.4 is 10.0 Å². The molecule has 0 saturated heterocycles. The van der Waals surface area contributed by atoms with Gasteiger partial charge in [0.2, 0.25) is 10.0 Å². The largest absolute Gasteiger partial charge is 0.315 e. The van der Waals surface area contributed by atoms with E-state index in [-0.39, 0.29) is 17.3 Å². The molecule has 0 amide bonds. The van der Waals surface area contributed by atoms with Crippen LogP contribution in [0.25, 0.3) is 0 Å². The summed E-state index contributed by atoms with van der Waals surface area (Å²) in [6, 6.07) is 7.71. The van der Waals surface area contributed by atoms with Crippen LogP contribution in [0.5, 0.6) is 0 Å². The molecule has 0 aliphatic carbocycles. The molecule has 0 bridgehead atoms. The number of sulfonamides is 1. The van der Waals surface area contributed by atoms with Gasteiger partial charge in [-0.05, 0) is 37.2 Å². The van der Waals surface area contributed by atoms with Gasteiger partial charge in [-0.3, -0.25) is 0 Å². The molecule has 0 saturated carbocycles. The third kappa shape index (κ3) is 4.60. The first-order valence-corrected chi connectivity index (χ1v) is 8.83. The van der Waals surface area contributed by atoms with Crippen LogP contribution >= 0.6 is 11.3 Å². The van der Waals surface area contributed by atoms with Gasteiger partial charge in [-0.15, -0.1) is 11.3 Å². The minimum atomic E-state index is -3.48. The summed E-state index contributed by atoms with van der Waals surface area (Å²) in [6.07, 6.45) is 0.521. The Labute approximate surface area is 128 Å². The van der Waals surface area contributed by atoms with Crippen LogP contribution in [-0.4, -0.2) is 22.0 Å². The summed E-state index contributed by atoms with van der Waals surface area (Å²) in [5.74, 6) is -0.297. The smallest absolute Gasteiger partial charge is 0.241 e. The van der Waals surface area contributed by atoms with Gasteiger partial charge in [0.15, 0.2) is 0 Å². The molecule has 2 rings (SSSR count). The molecule has 0 radical (unpaired) electrons. The van der Waals surface area contributed by atoms with Crippen molar-refractivity contribution in [1.82, 2.24) is 10.0 Å². The van der Waals surface area contributed by atoms with Crippen molar-refractivity contribution in [2.75, 3.05) is 13.6 Å². The Kier molecular flexibility index (Phi) is 5.46. The molecule has 1 aromatic carbocycles. The summed E-state index contributed by atoms with van der Waals surface area (Å²) in [5.41, 5.74) is 0.889. The third-order valence-corrected chi connectivity index (χ3v) is 5.44. The predicted molar refractivity (Wildman–Crippen MR) is 82.4 cm³/mol. The van der Waals surface area contributed by atoms with Crippen LogP contribution in [0.3, 0.4) is 0 Å². The number of benzene rings is 1. The monoisotopic (exact) mass is 328 g/mol. The first-order valence-electron chi connectivity index (χ1n) is 6.47. The zero-order chi connectivity index (χ0) is 15.3. The lowest BCUT2D eigenvalue weighted by molar-refractivity contribution is 0.581. The van der Waals surface area contributed by atoms with Gasteiger partial charge in [-0.2, -0.15) is 0 Å². The summed E-state index contributed by atoms with van der Waals surface area (Å²) in [6.45, 7) is 0.931. The number of halogens is 1. The molecule has 2 aromatic rings. The molecule has 4 nitrogen and oxygen atoms in total. The van der Waals surface area contributed by atoms with E-state index in [0.717, 1.165) is 10.4 Å². The SMILES string of the molecule is CNCc1cc(S(=O)(=O)NCCc2ccc(F)cc2)cs1. The number of rotatable bonds is 7. The van der Waals surface area contributed by atoms with Crippen molar-refractivity contribution in [2.45, 2.75) is 17.9 Å². The van der Waals surface area contributed by atoms with Gasteiger partial charge in [-0.1, -0.05) is 12.1 Å². The molecule has 0 spiro atoms. The van der Waals surface area contributed by atoms with E-state index in [4.69, 9.17) is 0 Å². The highest BCUT2D eigenvalue weighted by atomic mass is 32.2. The van der Waals surface area contributed by atoms with Crippen molar-refractivity contribution in [3.05, 3.63) is 52.0 Å². The maximum absolute atomic E-state index is 12.8. The quantitative estimate of drug-likeness (QED) is 0.818. The Balaban J connectivity index is 1.92. The van der Waals surface area contributed by atoms with E-state index in [9.17, 15) is 12.8 Å². The second kappa shape index (κ2) is 7.13. The van der Waals surface area contributed by atoms with Gasteiger partial charge in [0.1, 0.15) is 5.82 Å². The lowest BCUT2D eigenvalue weighted by Gasteiger charge is -2.05. The molecule has 1 aromatic heterocycles. The van der Waals surface area contributed by atoms with E-state index in [1.54, 1.807) is 23.6 Å². The Hall–Kier alpha value is -1.28. The zero-order valence-electron chi connectivity index (χ0n) is 11.6. The normalized spacial score (nSPS) is 11.7. The average molecular weight is 328 g/mol. The van der Waals surface area contributed by atoms with Gasteiger partial charge >= 0.3 is 0 Å². The molecule has 21 heavy (non-hydrogen) atoms. The third-order valence-electron chi connectivity index (χ3n) is 2.91. The minimum Gasteiger partial charge on any atom is -0.315 e. The van der Waals surface area contributed by atoms with Crippen molar-refractivity contribution in [3.8, 4) is 0 Å². The predicted octanol–water partition coefficient (Wildman–Crippen LogP) is 2.13. The van der Waals surface area contributed by atoms with Gasteiger partial charge < -0.3 is 5.32 Å². The van der Waals surface area contributed by atoms with Crippen LogP contribution in [0.4, 0.5) is 4.39 Å². The number of thiophene rings is 1. The van der Waals surface area contributed by atoms with Gasteiger partial charge in [0.05, 0.1) is 4.90 Å². The molecule has 0 atom stereocenters. The lowest BCUT2D eigenvalue weighted by Crippen LogP contribution is -2.25. The highest BCUT2D eigenvalue weighted by Crippen LogP contribution is 2.19. The van der Waals surface area contributed by atoms with Crippen molar-refractivity contribution in [2.24, 2.45) is 0 Å². The van der Waals surface area contributed by atoms with Crippen LogP contribution in [0.2, 0.25) is 0 Å². The Morgan fingerprint density at radius 2 is 1.95 bits per heavy atom. The summed E-state index contributed by atoms with van der Waals surface area (Å²) in [4.78, 5) is 1.26. The topological polar surface area (TPSA) is 58.2 Å². The lowest BCUT2D eigenvalue weighted by atomic mass is 10.1. The first kappa shape index (κ1) is 16.1. The molecule has 7 heteroatoms. The molecule has 2 N–H and O–H groups in total. The number of hydrogen-bond donors (Lipinski definition) is 2. The van der Waals surface area contributed by atoms with E-state index in [0.29, 0.717) is 13.0 Å². The maximum Gasteiger partial charge on any atom is 0.241 e. The van der Waals surface area contributed by atoms with Crippen molar-refractivity contribution in [1.29, 1.82) is 0 Å². The maximum atomic E-state index is 12.8. The molecule has 0 aliphatic heterocycles. The Morgan fingerprint density at radius 3 is 2.62 bits per heavy atom. The van der Waals surface area contributed by atoms with Crippen LogP contribution in [0.1, 0.15) is 10.4 Å². The van der Waals surface area contributed by atoms with Crippen molar-refractivity contribution in [3.63, 3.8) is 0 Å². The minimum absolute atomic E-state index is 0.283. The molecular weight excluding hydrogens is 311 g/mol. The highest BCUT2D eigenvalue weighted by Gasteiger charge is 2.15. The molecule has 0 unspecified atom stereocenters. The van der Waals surface area contributed by atoms with Gasteiger partial charge in [-0.25, -0.2) is 17.5 Å². The summed E-state index contributed by atoms with van der Waals surface area (Å²) < 4.78 is 39.5. The Morgan fingerprint density at radius 1 is 1.24 bits per heavy atom. The van der Waals surface area contributed by atoms with Gasteiger partial charge in [0.25, 0.3) is 0 Å². The summed E-state index contributed by atoms with van der Waals surface area (Å²) in [5, 5.41) is 4.61. The molecule has 114 valence electrons. The number of hydrogen-bond acceptors (Lipinski definition) is 4. The van der Waals surface area contributed by atoms with Crippen LogP contribution in [0, 0.1) is 5.82 Å². The zero-order valence-corrected chi connectivity index (χ0v) is 13.2. The van der Waals surface area contributed by atoms with Crippen LogP contribution in [0.15, 0.2) is 40.6 Å². The standard InChI is InChI=1S/C14H17FN2O2S2/c1-16-9-13-8-14(10-20-13)21(18,19)17-7-6-11-2-4-12(15)5-3-11/h2-5,8,10,16-17H,6-7,9H2,1H3. The van der Waals surface area contributed by atoms with Gasteiger partial charge in [0, 0.05) is 23.3 Å². The number of nitrogens with one attached hydrogen (secondary N) is 2.